The van der Waals surface area contributed by atoms with Crippen molar-refractivity contribution in [3.05, 3.63) is 60.4 Å². The first-order valence-electron chi connectivity index (χ1n) is 8.72. The lowest BCUT2D eigenvalue weighted by atomic mass is 10.2. The molecule has 0 radical (unpaired) electrons. The first-order valence-corrected chi connectivity index (χ1v) is 8.72. The zero-order valence-electron chi connectivity index (χ0n) is 14.6. The maximum absolute atomic E-state index is 12.8. The van der Waals surface area contributed by atoms with Gasteiger partial charge in [0.1, 0.15) is 5.75 Å². The molecular weight excluding hydrogens is 328 g/mol. The summed E-state index contributed by atoms with van der Waals surface area (Å²) in [7, 11) is 1.63. The van der Waals surface area contributed by atoms with Crippen molar-refractivity contribution in [1.29, 1.82) is 0 Å². The lowest BCUT2D eigenvalue weighted by molar-refractivity contribution is 0.0781. The molecule has 0 N–H and O–H groups in total. The van der Waals surface area contributed by atoms with E-state index < -0.39 is 0 Å². The molecular formula is C20H20N4O2. The molecule has 6 nitrogen and oxygen atoms in total. The Hall–Kier alpha value is -3.15. The lowest BCUT2D eigenvalue weighted by Crippen LogP contribution is -2.28. The summed E-state index contributed by atoms with van der Waals surface area (Å²) in [6.45, 7) is 1.54. The third-order valence-corrected chi connectivity index (χ3v) is 4.52. The molecule has 26 heavy (non-hydrogen) atoms. The summed E-state index contributed by atoms with van der Waals surface area (Å²) in [4.78, 5) is 19.2. The van der Waals surface area contributed by atoms with Gasteiger partial charge in [0.2, 0.25) is 5.82 Å². The van der Waals surface area contributed by atoms with Crippen molar-refractivity contribution in [2.24, 2.45) is 0 Å². The summed E-state index contributed by atoms with van der Waals surface area (Å²) in [5, 5.41) is 4.53. The summed E-state index contributed by atoms with van der Waals surface area (Å²) in [6, 6.07) is 17.3. The van der Waals surface area contributed by atoms with Crippen LogP contribution in [0.5, 0.6) is 5.75 Å². The molecule has 0 aliphatic carbocycles. The van der Waals surface area contributed by atoms with Crippen LogP contribution in [0.1, 0.15) is 23.5 Å². The van der Waals surface area contributed by atoms with E-state index in [4.69, 9.17) is 4.74 Å². The highest BCUT2D eigenvalue weighted by Crippen LogP contribution is 2.25. The van der Waals surface area contributed by atoms with Gasteiger partial charge in [0, 0.05) is 18.7 Å². The molecule has 1 aliphatic rings. The van der Waals surface area contributed by atoms with Crippen LogP contribution in [0.2, 0.25) is 0 Å². The molecule has 0 bridgehead atoms. The van der Waals surface area contributed by atoms with E-state index in [2.05, 4.69) is 10.1 Å². The zero-order chi connectivity index (χ0) is 17.9. The number of aromatic nitrogens is 3. The maximum Gasteiger partial charge on any atom is 0.293 e. The Bertz CT molecular complexity index is 915. The first kappa shape index (κ1) is 16.3. The van der Waals surface area contributed by atoms with Crippen molar-refractivity contribution < 1.29 is 9.53 Å². The Balaban J connectivity index is 1.81. The second-order valence-electron chi connectivity index (χ2n) is 6.24. The van der Waals surface area contributed by atoms with Gasteiger partial charge in [-0.25, -0.2) is 9.67 Å². The summed E-state index contributed by atoms with van der Waals surface area (Å²) in [6.07, 6.45) is 2.07. The number of nitrogens with zero attached hydrogens (tertiary/aromatic N) is 4. The van der Waals surface area contributed by atoms with Crippen LogP contribution in [0.4, 0.5) is 0 Å². The largest absolute Gasteiger partial charge is 0.497 e. The van der Waals surface area contributed by atoms with Gasteiger partial charge in [-0.05, 0) is 37.1 Å². The monoisotopic (exact) mass is 348 g/mol. The summed E-state index contributed by atoms with van der Waals surface area (Å²) in [5.74, 6) is 1.48. The minimum absolute atomic E-state index is 0.110. The number of amides is 1. The molecule has 6 heteroatoms. The van der Waals surface area contributed by atoms with E-state index in [1.807, 2.05) is 59.5 Å². The Morgan fingerprint density at radius 3 is 2.54 bits per heavy atom. The number of carbonyl (C=O) groups is 1. The minimum atomic E-state index is -0.110. The Kier molecular flexibility index (Phi) is 4.39. The zero-order valence-corrected chi connectivity index (χ0v) is 14.6. The van der Waals surface area contributed by atoms with Gasteiger partial charge in [0.15, 0.2) is 5.82 Å². The summed E-state index contributed by atoms with van der Waals surface area (Å²) >= 11 is 0. The molecule has 2 aromatic carbocycles. The predicted molar refractivity (Wildman–Crippen MR) is 98.5 cm³/mol. The summed E-state index contributed by atoms with van der Waals surface area (Å²) < 4.78 is 7.05. The van der Waals surface area contributed by atoms with Crippen LogP contribution in [-0.2, 0) is 0 Å². The maximum atomic E-state index is 12.8. The van der Waals surface area contributed by atoms with E-state index in [1.165, 1.54) is 0 Å². The third kappa shape index (κ3) is 3.06. The molecule has 1 fully saturated rings. The van der Waals surface area contributed by atoms with Gasteiger partial charge in [-0.2, -0.15) is 0 Å². The minimum Gasteiger partial charge on any atom is -0.497 e. The number of para-hydroxylation sites is 1. The Morgan fingerprint density at radius 1 is 1.04 bits per heavy atom. The van der Waals surface area contributed by atoms with Crippen LogP contribution in [0.3, 0.4) is 0 Å². The molecule has 0 atom stereocenters. The average molecular weight is 348 g/mol. The van der Waals surface area contributed by atoms with Crippen LogP contribution in [-0.4, -0.2) is 45.8 Å². The number of carbonyl (C=O) groups excluding carboxylic acids is 1. The van der Waals surface area contributed by atoms with E-state index in [0.29, 0.717) is 5.82 Å². The Morgan fingerprint density at radius 2 is 1.81 bits per heavy atom. The molecule has 1 saturated heterocycles. The molecule has 0 unspecified atom stereocenters. The van der Waals surface area contributed by atoms with Gasteiger partial charge in [-0.1, -0.05) is 30.3 Å². The van der Waals surface area contributed by atoms with E-state index in [1.54, 1.807) is 11.8 Å². The number of likely N-dealkylation sites (tertiary alicyclic amines) is 1. The van der Waals surface area contributed by atoms with Crippen LogP contribution in [0, 0.1) is 0 Å². The number of ether oxygens (including phenoxy) is 1. The highest BCUT2D eigenvalue weighted by molar-refractivity contribution is 5.91. The second kappa shape index (κ2) is 7.00. The number of rotatable bonds is 4. The van der Waals surface area contributed by atoms with E-state index in [0.717, 1.165) is 42.9 Å². The first-order chi connectivity index (χ1) is 12.8. The van der Waals surface area contributed by atoms with Crippen LogP contribution in [0.25, 0.3) is 17.1 Å². The molecule has 0 saturated carbocycles. The van der Waals surface area contributed by atoms with E-state index >= 15 is 0 Å². The third-order valence-electron chi connectivity index (χ3n) is 4.52. The van der Waals surface area contributed by atoms with E-state index in [9.17, 15) is 4.79 Å². The molecule has 4 rings (SSSR count). The fourth-order valence-electron chi connectivity index (χ4n) is 3.16. The molecule has 2 heterocycles. The quantitative estimate of drug-likeness (QED) is 0.726. The SMILES string of the molecule is COc1cccc(-c2nc(C(=O)N3CCCC3)nn2-c2ccccc2)c1. The van der Waals surface area contributed by atoms with Crippen molar-refractivity contribution in [1.82, 2.24) is 19.7 Å². The van der Waals surface area contributed by atoms with Crippen LogP contribution >= 0.6 is 0 Å². The van der Waals surface area contributed by atoms with Gasteiger partial charge in [0.05, 0.1) is 12.8 Å². The normalized spacial score (nSPS) is 13.8. The smallest absolute Gasteiger partial charge is 0.293 e. The van der Waals surface area contributed by atoms with Crippen molar-refractivity contribution in [3.8, 4) is 22.8 Å². The number of methoxy groups -OCH3 is 1. The fraction of sp³-hybridized carbons (Fsp3) is 0.250. The fourth-order valence-corrected chi connectivity index (χ4v) is 3.16. The van der Waals surface area contributed by atoms with E-state index in [-0.39, 0.29) is 11.7 Å². The standard InChI is InChI=1S/C20H20N4O2/c1-26-17-11-7-8-15(14-17)19-21-18(20(25)23-12-5-6-13-23)22-24(19)16-9-3-2-4-10-16/h2-4,7-11,14H,5-6,12-13H2,1H3. The van der Waals surface area contributed by atoms with Crippen LogP contribution < -0.4 is 4.74 Å². The van der Waals surface area contributed by atoms with Crippen molar-refractivity contribution in [2.75, 3.05) is 20.2 Å². The summed E-state index contributed by atoms with van der Waals surface area (Å²) in [5.41, 5.74) is 1.71. The molecule has 1 aromatic heterocycles. The second-order valence-corrected chi connectivity index (χ2v) is 6.24. The lowest BCUT2D eigenvalue weighted by Gasteiger charge is -2.11. The molecule has 1 aliphatic heterocycles. The molecule has 132 valence electrons. The topological polar surface area (TPSA) is 60.2 Å². The molecule has 3 aromatic rings. The average Bonchev–Trinajstić information content (AvgIpc) is 3.38. The van der Waals surface area contributed by atoms with Crippen molar-refractivity contribution >= 4 is 5.91 Å². The number of hydrogen-bond donors (Lipinski definition) is 0. The van der Waals surface area contributed by atoms with Crippen molar-refractivity contribution in [3.63, 3.8) is 0 Å². The van der Waals surface area contributed by atoms with Gasteiger partial charge in [0.25, 0.3) is 5.91 Å². The number of hydrogen-bond acceptors (Lipinski definition) is 4. The highest BCUT2D eigenvalue weighted by Gasteiger charge is 2.25. The molecule has 1 amide bonds. The highest BCUT2D eigenvalue weighted by atomic mass is 16.5. The predicted octanol–water partition coefficient (Wildman–Crippen LogP) is 3.18. The van der Waals surface area contributed by atoms with Gasteiger partial charge in [-0.15, -0.1) is 5.10 Å². The van der Waals surface area contributed by atoms with Crippen LogP contribution in [0.15, 0.2) is 54.6 Å². The molecule has 0 spiro atoms. The Labute approximate surface area is 152 Å². The van der Waals surface area contributed by atoms with Crippen molar-refractivity contribution in [2.45, 2.75) is 12.8 Å². The van der Waals surface area contributed by atoms with Gasteiger partial charge < -0.3 is 9.64 Å². The van der Waals surface area contributed by atoms with Gasteiger partial charge >= 0.3 is 0 Å². The number of benzene rings is 2. The van der Waals surface area contributed by atoms with Gasteiger partial charge in [-0.3, -0.25) is 4.79 Å².